The van der Waals surface area contributed by atoms with Crippen molar-refractivity contribution in [1.82, 2.24) is 5.32 Å². The van der Waals surface area contributed by atoms with Crippen LogP contribution < -0.4 is 10.2 Å². The van der Waals surface area contributed by atoms with Crippen LogP contribution in [0.15, 0.2) is 52.3 Å². The van der Waals surface area contributed by atoms with Gasteiger partial charge in [-0.05, 0) is 51.1 Å². The average Bonchev–Trinajstić information content (AvgIpc) is 2.68. The second-order valence-electron chi connectivity index (χ2n) is 6.12. The van der Waals surface area contributed by atoms with E-state index in [1.807, 2.05) is 20.8 Å². The quantitative estimate of drug-likeness (QED) is 0.919. The molecule has 1 heterocycles. The molecule has 2 aromatic carbocycles. The fourth-order valence-electron chi connectivity index (χ4n) is 2.86. The van der Waals surface area contributed by atoms with Crippen LogP contribution in [-0.4, -0.2) is 28.6 Å². The molecule has 130 valence electrons. The maximum Gasteiger partial charge on any atom is 0.259 e. The number of hydrogen-bond donors (Lipinski definition) is 1. The van der Waals surface area contributed by atoms with E-state index in [0.29, 0.717) is 33.2 Å². The Morgan fingerprint density at radius 2 is 1.88 bits per heavy atom. The predicted octanol–water partition coefficient (Wildman–Crippen LogP) is 2.97. The number of amides is 2. The minimum atomic E-state index is -1.48. The third-order valence-electron chi connectivity index (χ3n) is 4.01. The zero-order valence-corrected chi connectivity index (χ0v) is 15.2. The summed E-state index contributed by atoms with van der Waals surface area (Å²) in [6, 6.07) is 11.9. The summed E-state index contributed by atoms with van der Waals surface area (Å²) in [6.45, 7) is 6.05. The number of carbonyl (C=O) groups is 2. The molecule has 1 aliphatic heterocycles. The van der Waals surface area contributed by atoms with Crippen LogP contribution in [0.3, 0.4) is 0 Å². The summed E-state index contributed by atoms with van der Waals surface area (Å²) in [5, 5.41) is 2.84. The van der Waals surface area contributed by atoms with E-state index in [0.717, 1.165) is 0 Å². The summed E-state index contributed by atoms with van der Waals surface area (Å²) >= 11 is 0. The van der Waals surface area contributed by atoms with Crippen LogP contribution in [0, 0.1) is 0 Å². The highest BCUT2D eigenvalue weighted by atomic mass is 32.2. The van der Waals surface area contributed by atoms with Crippen molar-refractivity contribution in [1.29, 1.82) is 0 Å². The van der Waals surface area contributed by atoms with Gasteiger partial charge in [-0.15, -0.1) is 0 Å². The molecule has 0 radical (unpaired) electrons. The average molecular weight is 356 g/mol. The molecular weight excluding hydrogens is 336 g/mol. The molecule has 0 bridgehead atoms. The highest BCUT2D eigenvalue weighted by Gasteiger charge is 2.30. The van der Waals surface area contributed by atoms with Crippen LogP contribution >= 0.6 is 0 Å². The van der Waals surface area contributed by atoms with Crippen LogP contribution in [0.2, 0.25) is 0 Å². The van der Waals surface area contributed by atoms with Crippen molar-refractivity contribution < 1.29 is 13.8 Å². The van der Waals surface area contributed by atoms with Gasteiger partial charge >= 0.3 is 0 Å². The zero-order valence-electron chi connectivity index (χ0n) is 14.4. The van der Waals surface area contributed by atoms with E-state index in [1.165, 1.54) is 0 Å². The second-order valence-corrected chi connectivity index (χ2v) is 7.54. The van der Waals surface area contributed by atoms with E-state index in [2.05, 4.69) is 5.32 Å². The maximum atomic E-state index is 13.0. The van der Waals surface area contributed by atoms with Crippen molar-refractivity contribution in [2.75, 3.05) is 11.4 Å². The highest BCUT2D eigenvalue weighted by Crippen LogP contribution is 2.34. The van der Waals surface area contributed by atoms with Crippen LogP contribution in [0.4, 0.5) is 5.69 Å². The third-order valence-corrected chi connectivity index (χ3v) is 5.51. The molecule has 0 aliphatic carbocycles. The topological polar surface area (TPSA) is 66.5 Å². The van der Waals surface area contributed by atoms with Crippen molar-refractivity contribution in [2.24, 2.45) is 0 Å². The van der Waals surface area contributed by atoms with Crippen LogP contribution in [-0.2, 0) is 10.8 Å². The number of anilines is 1. The van der Waals surface area contributed by atoms with Gasteiger partial charge in [0, 0.05) is 18.2 Å². The summed E-state index contributed by atoms with van der Waals surface area (Å²) < 4.78 is 13.0. The Kier molecular flexibility index (Phi) is 4.72. The van der Waals surface area contributed by atoms with Crippen molar-refractivity contribution in [2.45, 2.75) is 36.6 Å². The van der Waals surface area contributed by atoms with Crippen molar-refractivity contribution in [3.63, 3.8) is 0 Å². The van der Waals surface area contributed by atoms with Crippen LogP contribution in [0.1, 0.15) is 41.5 Å². The SMILES string of the molecule is CCN1C(=O)c2ccccc2S(=O)c2ccc(C(=O)NC(C)C)cc21. The molecule has 25 heavy (non-hydrogen) atoms. The lowest BCUT2D eigenvalue weighted by molar-refractivity contribution is 0.0940. The molecule has 0 saturated carbocycles. The fourth-order valence-corrected chi connectivity index (χ4v) is 4.21. The number of carbonyl (C=O) groups excluding carboxylic acids is 2. The molecule has 1 N–H and O–H groups in total. The van der Waals surface area contributed by atoms with Gasteiger partial charge in [-0.3, -0.25) is 9.59 Å². The summed E-state index contributed by atoms with van der Waals surface area (Å²) in [5.41, 5.74) is 1.41. The van der Waals surface area contributed by atoms with Gasteiger partial charge in [-0.1, -0.05) is 12.1 Å². The Balaban J connectivity index is 2.16. The Hall–Kier alpha value is -2.47. The van der Waals surface area contributed by atoms with Crippen molar-refractivity contribution in [3.8, 4) is 0 Å². The van der Waals surface area contributed by atoms with E-state index in [-0.39, 0.29) is 17.9 Å². The Morgan fingerprint density at radius 3 is 2.56 bits per heavy atom. The molecule has 0 aromatic heterocycles. The number of nitrogens with zero attached hydrogens (tertiary/aromatic N) is 1. The minimum Gasteiger partial charge on any atom is -0.350 e. The summed E-state index contributed by atoms with van der Waals surface area (Å²) in [7, 11) is -1.48. The molecule has 1 unspecified atom stereocenters. The van der Waals surface area contributed by atoms with Gasteiger partial charge in [0.2, 0.25) is 0 Å². The molecule has 0 spiro atoms. The van der Waals surface area contributed by atoms with Crippen LogP contribution in [0.25, 0.3) is 0 Å². The molecule has 0 fully saturated rings. The van der Waals surface area contributed by atoms with Gasteiger partial charge < -0.3 is 10.2 Å². The molecule has 0 saturated heterocycles. The number of benzene rings is 2. The molecule has 6 heteroatoms. The van der Waals surface area contributed by atoms with Gasteiger partial charge in [-0.2, -0.15) is 0 Å². The Morgan fingerprint density at radius 1 is 1.16 bits per heavy atom. The molecule has 2 amide bonds. The normalized spacial score (nSPS) is 16.2. The number of rotatable bonds is 3. The first-order valence-electron chi connectivity index (χ1n) is 8.21. The number of hydrogen-bond acceptors (Lipinski definition) is 3. The second kappa shape index (κ2) is 6.80. The lowest BCUT2D eigenvalue weighted by Gasteiger charge is -2.21. The lowest BCUT2D eigenvalue weighted by atomic mass is 10.1. The first-order chi connectivity index (χ1) is 11.9. The van der Waals surface area contributed by atoms with Crippen molar-refractivity contribution in [3.05, 3.63) is 53.6 Å². The largest absolute Gasteiger partial charge is 0.350 e. The third kappa shape index (κ3) is 3.09. The number of nitrogens with one attached hydrogen (secondary N) is 1. The van der Waals surface area contributed by atoms with Gasteiger partial charge in [-0.25, -0.2) is 4.21 Å². The van der Waals surface area contributed by atoms with Crippen LogP contribution in [0.5, 0.6) is 0 Å². The first kappa shape index (κ1) is 17.4. The predicted molar refractivity (Wildman–Crippen MR) is 97.5 cm³/mol. The molecule has 2 aromatic rings. The van der Waals surface area contributed by atoms with E-state index in [4.69, 9.17) is 0 Å². The molecule has 1 atom stereocenters. The molecule has 1 aliphatic rings. The van der Waals surface area contributed by atoms with E-state index in [9.17, 15) is 13.8 Å². The molecular formula is C19H20N2O3S. The highest BCUT2D eigenvalue weighted by molar-refractivity contribution is 7.85. The smallest absolute Gasteiger partial charge is 0.259 e. The molecule has 5 nitrogen and oxygen atoms in total. The van der Waals surface area contributed by atoms with Gasteiger partial charge in [0.05, 0.1) is 31.8 Å². The number of fused-ring (bicyclic) bond motifs is 2. The monoisotopic (exact) mass is 356 g/mol. The van der Waals surface area contributed by atoms with Gasteiger partial charge in [0.15, 0.2) is 0 Å². The molecule has 3 rings (SSSR count). The first-order valence-corrected chi connectivity index (χ1v) is 9.36. The minimum absolute atomic E-state index is 0.00797. The van der Waals surface area contributed by atoms with Crippen molar-refractivity contribution >= 4 is 28.3 Å². The van der Waals surface area contributed by atoms with Gasteiger partial charge in [0.1, 0.15) is 0 Å². The maximum absolute atomic E-state index is 13.0. The fraction of sp³-hybridized carbons (Fsp3) is 0.263. The van der Waals surface area contributed by atoms with E-state index >= 15 is 0 Å². The van der Waals surface area contributed by atoms with Gasteiger partial charge in [0.25, 0.3) is 11.8 Å². The lowest BCUT2D eigenvalue weighted by Crippen LogP contribution is -2.32. The summed E-state index contributed by atoms with van der Waals surface area (Å²) in [6.07, 6.45) is 0. The Labute approximate surface area is 149 Å². The summed E-state index contributed by atoms with van der Waals surface area (Å²) in [5.74, 6) is -0.416. The van der Waals surface area contributed by atoms with E-state index in [1.54, 1.807) is 47.4 Å². The standard InChI is InChI=1S/C19H20N2O3S/c1-4-21-15-11-13(18(22)20-12(2)3)9-10-17(15)25(24)16-8-6-5-7-14(16)19(21)23/h5-12H,4H2,1-3H3,(H,20,22). The Bertz CT molecular complexity index is 877. The summed E-state index contributed by atoms with van der Waals surface area (Å²) in [4.78, 5) is 27.9. The van der Waals surface area contributed by atoms with E-state index < -0.39 is 10.8 Å². The zero-order chi connectivity index (χ0) is 18.1.